The van der Waals surface area contributed by atoms with Crippen molar-refractivity contribution in [2.24, 2.45) is 5.92 Å². The van der Waals surface area contributed by atoms with Crippen LogP contribution >= 0.6 is 11.3 Å². The highest BCUT2D eigenvalue weighted by molar-refractivity contribution is 7.87. The van der Waals surface area contributed by atoms with Gasteiger partial charge >= 0.3 is 5.97 Å². The number of hydrogen-bond donors (Lipinski definition) is 2. The van der Waals surface area contributed by atoms with Gasteiger partial charge in [-0.2, -0.15) is 12.7 Å². The van der Waals surface area contributed by atoms with Crippen molar-refractivity contribution < 1.29 is 18.3 Å². The normalized spacial score (nSPS) is 17.7. The molecule has 0 aliphatic carbocycles. The van der Waals surface area contributed by atoms with Gasteiger partial charge in [0, 0.05) is 37.1 Å². The number of thiazole rings is 1. The van der Waals surface area contributed by atoms with Crippen molar-refractivity contribution in [1.29, 1.82) is 0 Å². The van der Waals surface area contributed by atoms with Gasteiger partial charge in [0.15, 0.2) is 0 Å². The largest absolute Gasteiger partial charge is 0.481 e. The molecule has 2 rings (SSSR count). The summed E-state index contributed by atoms with van der Waals surface area (Å²) in [6.45, 7) is 2.87. The molecule has 1 aromatic rings. The first-order valence-corrected chi connectivity index (χ1v) is 9.59. The smallest absolute Gasteiger partial charge is 0.306 e. The monoisotopic (exact) mass is 347 g/mol. The fourth-order valence-corrected chi connectivity index (χ4v) is 4.44. The van der Waals surface area contributed by atoms with Gasteiger partial charge in [0.2, 0.25) is 0 Å². The van der Waals surface area contributed by atoms with E-state index < -0.39 is 22.1 Å². The first-order chi connectivity index (χ1) is 10.4. The van der Waals surface area contributed by atoms with Crippen LogP contribution in [0.4, 0.5) is 0 Å². The number of piperidine rings is 1. The molecule has 1 aliphatic heterocycles. The molecule has 0 saturated carbocycles. The lowest BCUT2D eigenvalue weighted by Crippen LogP contribution is -2.46. The van der Waals surface area contributed by atoms with Crippen LogP contribution in [0.5, 0.6) is 0 Å². The Hall–Kier alpha value is -1.03. The highest BCUT2D eigenvalue weighted by Crippen LogP contribution is 2.19. The molecule has 0 spiro atoms. The number of carboxylic acid groups (broad SMARTS) is 1. The quantitative estimate of drug-likeness (QED) is 0.763. The summed E-state index contributed by atoms with van der Waals surface area (Å²) in [5.74, 6) is -1.28. The second-order valence-corrected chi connectivity index (χ2v) is 8.19. The zero-order valence-electron chi connectivity index (χ0n) is 12.5. The van der Waals surface area contributed by atoms with Gasteiger partial charge in [-0.25, -0.2) is 9.71 Å². The third-order valence-corrected chi connectivity index (χ3v) is 6.53. The van der Waals surface area contributed by atoms with E-state index in [4.69, 9.17) is 5.11 Å². The molecule has 1 aliphatic rings. The van der Waals surface area contributed by atoms with Gasteiger partial charge in [-0.3, -0.25) is 4.79 Å². The minimum absolute atomic E-state index is 0.254. The minimum Gasteiger partial charge on any atom is -0.481 e. The van der Waals surface area contributed by atoms with E-state index in [0.717, 1.165) is 11.4 Å². The number of nitrogens with zero attached hydrogens (tertiary/aromatic N) is 2. The lowest BCUT2D eigenvalue weighted by atomic mass is 9.99. The van der Waals surface area contributed by atoms with Crippen molar-refractivity contribution in [3.63, 3.8) is 0 Å². The Balaban J connectivity index is 1.80. The molecule has 1 aromatic heterocycles. The fraction of sp³-hybridized carbons (Fsp3) is 0.692. The van der Waals surface area contributed by atoms with Crippen LogP contribution in [0.3, 0.4) is 0 Å². The zero-order chi connectivity index (χ0) is 16.2. The SMILES string of the molecule is CCc1cnc(CCNS(=O)(=O)N2CCC(C(=O)O)CC2)s1. The standard InChI is InChI=1S/C13H21N3O4S2/c1-2-11-9-14-12(21-11)3-6-15-22(19,20)16-7-4-10(5-8-16)13(17)18/h9-10,15H,2-8H2,1H3,(H,17,18). The van der Waals surface area contributed by atoms with E-state index >= 15 is 0 Å². The highest BCUT2D eigenvalue weighted by Gasteiger charge is 2.30. The third-order valence-electron chi connectivity index (χ3n) is 3.72. The van der Waals surface area contributed by atoms with Gasteiger partial charge in [0.25, 0.3) is 10.2 Å². The third kappa shape index (κ3) is 4.48. The molecular formula is C13H21N3O4S2. The molecule has 2 N–H and O–H groups in total. The Bertz CT molecular complexity index is 607. The lowest BCUT2D eigenvalue weighted by Gasteiger charge is -2.29. The van der Waals surface area contributed by atoms with Crippen molar-refractivity contribution in [2.45, 2.75) is 32.6 Å². The second-order valence-electron chi connectivity index (χ2n) is 5.23. The molecule has 7 nitrogen and oxygen atoms in total. The van der Waals surface area contributed by atoms with E-state index in [9.17, 15) is 13.2 Å². The van der Waals surface area contributed by atoms with Gasteiger partial charge in [-0.05, 0) is 19.3 Å². The van der Waals surface area contributed by atoms with Crippen molar-refractivity contribution >= 4 is 27.5 Å². The van der Waals surface area contributed by atoms with Crippen LogP contribution in [-0.4, -0.2) is 48.4 Å². The minimum atomic E-state index is -3.53. The number of nitrogens with one attached hydrogen (secondary N) is 1. The molecule has 1 saturated heterocycles. The molecule has 0 amide bonds. The van der Waals surface area contributed by atoms with Crippen LogP contribution in [0.1, 0.15) is 29.7 Å². The second kappa shape index (κ2) is 7.49. The number of rotatable bonds is 7. The average molecular weight is 347 g/mol. The van der Waals surface area contributed by atoms with Crippen LogP contribution in [0.15, 0.2) is 6.20 Å². The van der Waals surface area contributed by atoms with E-state index in [2.05, 4.69) is 16.6 Å². The molecule has 0 bridgehead atoms. The van der Waals surface area contributed by atoms with Crippen LogP contribution in [-0.2, 0) is 27.8 Å². The van der Waals surface area contributed by atoms with E-state index in [1.807, 2.05) is 6.20 Å². The topological polar surface area (TPSA) is 99.6 Å². The summed E-state index contributed by atoms with van der Waals surface area (Å²) in [5.41, 5.74) is 0. The number of carboxylic acids is 1. The Kier molecular flexibility index (Phi) is 5.90. The van der Waals surface area contributed by atoms with Gasteiger partial charge in [0.05, 0.1) is 10.9 Å². The maximum absolute atomic E-state index is 12.2. The lowest BCUT2D eigenvalue weighted by molar-refractivity contribution is -0.142. The maximum Gasteiger partial charge on any atom is 0.306 e. The first kappa shape index (κ1) is 17.3. The van der Waals surface area contributed by atoms with Gasteiger partial charge in [0.1, 0.15) is 0 Å². The molecule has 9 heteroatoms. The molecule has 124 valence electrons. The summed E-state index contributed by atoms with van der Waals surface area (Å²) in [5, 5.41) is 9.85. The van der Waals surface area contributed by atoms with Crippen molar-refractivity contribution in [1.82, 2.24) is 14.0 Å². The molecule has 1 fully saturated rings. The van der Waals surface area contributed by atoms with Crippen molar-refractivity contribution in [3.05, 3.63) is 16.1 Å². The Morgan fingerprint density at radius 1 is 1.50 bits per heavy atom. The molecular weight excluding hydrogens is 326 g/mol. The zero-order valence-corrected chi connectivity index (χ0v) is 14.1. The van der Waals surface area contributed by atoms with Crippen molar-refractivity contribution in [3.8, 4) is 0 Å². The molecule has 0 radical (unpaired) electrons. The maximum atomic E-state index is 12.2. The molecule has 0 unspecified atom stereocenters. The van der Waals surface area contributed by atoms with E-state index in [1.165, 1.54) is 9.18 Å². The predicted molar refractivity (Wildman–Crippen MR) is 84.1 cm³/mol. The summed E-state index contributed by atoms with van der Waals surface area (Å²) >= 11 is 1.60. The summed E-state index contributed by atoms with van der Waals surface area (Å²) in [6, 6.07) is 0. The predicted octanol–water partition coefficient (Wildman–Crippen LogP) is 0.879. The van der Waals surface area contributed by atoms with Gasteiger partial charge in [-0.15, -0.1) is 11.3 Å². The summed E-state index contributed by atoms with van der Waals surface area (Å²) in [4.78, 5) is 16.3. The van der Waals surface area contributed by atoms with Crippen LogP contribution in [0, 0.1) is 5.92 Å². The number of aryl methyl sites for hydroxylation is 1. The van der Waals surface area contributed by atoms with Gasteiger partial charge < -0.3 is 5.11 Å². The van der Waals surface area contributed by atoms with E-state index in [0.29, 0.717) is 25.8 Å². The first-order valence-electron chi connectivity index (χ1n) is 7.33. The van der Waals surface area contributed by atoms with Crippen molar-refractivity contribution in [2.75, 3.05) is 19.6 Å². The fourth-order valence-electron chi connectivity index (χ4n) is 2.35. The molecule has 0 atom stereocenters. The molecule has 2 heterocycles. The Morgan fingerprint density at radius 2 is 2.18 bits per heavy atom. The summed E-state index contributed by atoms with van der Waals surface area (Å²) < 4.78 is 28.2. The van der Waals surface area contributed by atoms with E-state index in [1.54, 1.807) is 11.3 Å². The average Bonchev–Trinajstić information content (AvgIpc) is 2.95. The molecule has 0 aromatic carbocycles. The Labute approximate surface area is 134 Å². The highest BCUT2D eigenvalue weighted by atomic mass is 32.2. The van der Waals surface area contributed by atoms with Crippen LogP contribution in [0.25, 0.3) is 0 Å². The Morgan fingerprint density at radius 3 is 2.73 bits per heavy atom. The number of hydrogen-bond acceptors (Lipinski definition) is 5. The summed E-state index contributed by atoms with van der Waals surface area (Å²) in [6.07, 6.45) is 4.05. The number of carbonyl (C=O) groups is 1. The summed E-state index contributed by atoms with van der Waals surface area (Å²) in [7, 11) is -3.53. The number of aromatic nitrogens is 1. The van der Waals surface area contributed by atoms with Crippen LogP contribution in [0.2, 0.25) is 0 Å². The molecule has 22 heavy (non-hydrogen) atoms. The van der Waals surface area contributed by atoms with E-state index in [-0.39, 0.29) is 13.1 Å². The number of aliphatic carboxylic acids is 1. The van der Waals surface area contributed by atoms with Gasteiger partial charge in [-0.1, -0.05) is 6.92 Å². The van der Waals surface area contributed by atoms with Crippen LogP contribution < -0.4 is 4.72 Å².